The van der Waals surface area contributed by atoms with Crippen molar-refractivity contribution in [3.05, 3.63) is 0 Å². The van der Waals surface area contributed by atoms with Gasteiger partial charge in [-0.2, -0.15) is 0 Å². The molecule has 2 rings (SSSR count). The van der Waals surface area contributed by atoms with Crippen molar-refractivity contribution in [2.45, 2.75) is 138 Å². The molecule has 0 saturated carbocycles. The molecule has 19 nitrogen and oxygen atoms in total. The van der Waals surface area contributed by atoms with Crippen LogP contribution in [0.4, 0.5) is 0 Å². The Balaban J connectivity index is 0. The van der Waals surface area contributed by atoms with Gasteiger partial charge in [0.05, 0.1) is 78.3 Å². The van der Waals surface area contributed by atoms with Crippen LogP contribution in [0.3, 0.4) is 0 Å². The second-order valence-electron chi connectivity index (χ2n) is 21.3. The van der Waals surface area contributed by atoms with Gasteiger partial charge in [0, 0.05) is 119 Å². The van der Waals surface area contributed by atoms with E-state index in [1.807, 2.05) is 0 Å². The second kappa shape index (κ2) is 41.0. The van der Waals surface area contributed by atoms with Gasteiger partial charge >= 0.3 is 26.4 Å². The van der Waals surface area contributed by atoms with Crippen molar-refractivity contribution in [3.63, 3.8) is 0 Å². The normalized spacial score (nSPS) is 18.3. The highest BCUT2D eigenvalue weighted by atomic mass is 28.4. The summed E-state index contributed by atoms with van der Waals surface area (Å²) in [4.78, 5) is 4.42. The first-order chi connectivity index (χ1) is 34.0. The zero-order valence-electron chi connectivity index (χ0n) is 49.0. The van der Waals surface area contributed by atoms with E-state index in [0.717, 1.165) is 71.9 Å². The van der Waals surface area contributed by atoms with Gasteiger partial charge in [0.2, 0.25) is 0 Å². The summed E-state index contributed by atoms with van der Waals surface area (Å²) in [5.41, 5.74) is -0.191. The molecule has 0 aromatic carbocycles. The molecule has 7 atom stereocenters. The number of ether oxygens (including phenoxy) is 6. The zero-order valence-corrected chi connectivity index (χ0v) is 52.0. The minimum Gasteiger partial charge on any atom is -0.389 e. The Morgan fingerprint density at radius 2 is 0.781 bits per heavy atom. The van der Waals surface area contributed by atoms with Crippen molar-refractivity contribution in [2.24, 2.45) is 28.6 Å². The number of unbranched alkanes of at least 4 members (excludes halogenated alkanes) is 1. The highest BCUT2D eigenvalue weighted by Crippen LogP contribution is 2.25. The van der Waals surface area contributed by atoms with E-state index in [4.69, 9.17) is 68.3 Å². The number of aliphatic hydroxyl groups excluding tert-OH is 2. The SMILES string of the molecule is C.CC(C)(COCC1CO1)COCC1CO1.CCCCC(C)C[Si](OC)(OC)OC.CCN(CC(C)C[Si](OC)(OC)OC)CC(O)COCC(C)(C)COCC(O)CN(CC)CC(C)C[Si](OC)(OC)OC. The largest absolute Gasteiger partial charge is 0.500 e. The number of likely N-dealkylation sites (N-methyl/N-ethyl adjacent to an activating group) is 2. The Morgan fingerprint density at radius 3 is 1.04 bits per heavy atom. The van der Waals surface area contributed by atoms with Crippen molar-refractivity contribution >= 4 is 26.4 Å². The molecule has 0 bridgehead atoms. The monoisotopic (exact) mass is 1110 g/mol. The zero-order chi connectivity index (χ0) is 54.9. The highest BCUT2D eigenvalue weighted by molar-refractivity contribution is 6.61. The minimum atomic E-state index is -2.64. The van der Waals surface area contributed by atoms with E-state index in [0.29, 0.717) is 56.5 Å². The van der Waals surface area contributed by atoms with Gasteiger partial charge in [-0.3, -0.25) is 0 Å². The van der Waals surface area contributed by atoms with Crippen LogP contribution in [0.1, 0.15) is 95.9 Å². The highest BCUT2D eigenvalue weighted by Gasteiger charge is 2.41. The van der Waals surface area contributed by atoms with Crippen molar-refractivity contribution in [2.75, 3.05) is 169 Å². The smallest absolute Gasteiger partial charge is 0.389 e. The molecule has 0 aromatic rings. The number of aliphatic hydroxyl groups is 2. The van der Waals surface area contributed by atoms with Crippen molar-refractivity contribution in [1.29, 1.82) is 0 Å². The molecule has 73 heavy (non-hydrogen) atoms. The maximum Gasteiger partial charge on any atom is 0.500 e. The minimum absolute atomic E-state index is 0. The van der Waals surface area contributed by atoms with Gasteiger partial charge in [0.1, 0.15) is 12.2 Å². The average molecular weight is 1110 g/mol. The van der Waals surface area contributed by atoms with Crippen LogP contribution in [0.2, 0.25) is 18.1 Å². The van der Waals surface area contributed by atoms with E-state index in [1.54, 1.807) is 64.0 Å². The Labute approximate surface area is 449 Å². The predicted octanol–water partition coefficient (Wildman–Crippen LogP) is 6.61. The molecule has 22 heteroatoms. The average Bonchev–Trinajstić information content (AvgIpc) is 4.31. The quantitative estimate of drug-likeness (QED) is 0.0489. The lowest BCUT2D eigenvalue weighted by Gasteiger charge is -2.31. The van der Waals surface area contributed by atoms with Gasteiger partial charge in [-0.1, -0.05) is 95.9 Å². The molecule has 0 spiro atoms. The molecule has 2 N–H and O–H groups in total. The van der Waals surface area contributed by atoms with Crippen LogP contribution in [-0.2, 0) is 68.3 Å². The van der Waals surface area contributed by atoms with Gasteiger partial charge in [-0.15, -0.1) is 0 Å². The van der Waals surface area contributed by atoms with Gasteiger partial charge in [-0.05, 0) is 30.8 Å². The summed E-state index contributed by atoms with van der Waals surface area (Å²) in [6.07, 6.45) is 3.22. The van der Waals surface area contributed by atoms with E-state index in [9.17, 15) is 10.2 Å². The molecule has 2 heterocycles. The van der Waals surface area contributed by atoms with E-state index < -0.39 is 38.6 Å². The fourth-order valence-electron chi connectivity index (χ4n) is 8.10. The topological polar surface area (TPSA) is 192 Å². The van der Waals surface area contributed by atoms with Gasteiger partial charge in [0.15, 0.2) is 0 Å². The predicted molar refractivity (Wildman–Crippen MR) is 295 cm³/mol. The summed E-state index contributed by atoms with van der Waals surface area (Å²) in [7, 11) is 7.16. The standard InChI is InChI=1S/C29H66N2O10Si2.C11H20O4.C10H24O3Si.CH4/c1-13-30(15-25(3)21-42(34-7,35-8)36-9)17-27(32)19-40-23-29(5,6)24-41-20-28(33)18-31(14-2)16-26(4)22-43(37-10,38-11)39-12;1-11(2,7-12-3-9-5-14-9)8-13-4-10-6-15-10;1-6-7-8-10(2)9-14(11-3,12-4)13-5;/h25-28,32-33H,13-24H2,1-12H3;9-10H,3-8H2,1-2H3;10H,6-9H2,1-5H3;1H4. The van der Waals surface area contributed by atoms with Crippen molar-refractivity contribution in [3.8, 4) is 0 Å². The van der Waals surface area contributed by atoms with E-state index in [-0.39, 0.29) is 43.3 Å². The first kappa shape index (κ1) is 75.0. The Bertz CT molecular complexity index is 1190. The Morgan fingerprint density at radius 1 is 0.493 bits per heavy atom. The van der Waals surface area contributed by atoms with Crippen LogP contribution in [0.25, 0.3) is 0 Å². The molecule has 442 valence electrons. The molecule has 2 aliphatic rings. The lowest BCUT2D eigenvalue weighted by Crippen LogP contribution is -2.46. The maximum atomic E-state index is 10.6. The van der Waals surface area contributed by atoms with Crippen LogP contribution in [-0.4, -0.2) is 240 Å². The van der Waals surface area contributed by atoms with Crippen LogP contribution in [0.5, 0.6) is 0 Å². The summed E-state index contributed by atoms with van der Waals surface area (Å²) in [5, 5.41) is 21.3. The Hall–Kier alpha value is -0.109. The molecule has 0 aromatic heterocycles. The van der Waals surface area contributed by atoms with E-state index in [1.165, 1.54) is 19.3 Å². The molecule has 0 radical (unpaired) electrons. The van der Waals surface area contributed by atoms with Crippen LogP contribution >= 0.6 is 0 Å². The third kappa shape index (κ3) is 35.2. The first-order valence-corrected chi connectivity index (χ1v) is 32.1. The molecule has 0 amide bonds. The molecule has 2 saturated heterocycles. The van der Waals surface area contributed by atoms with E-state index >= 15 is 0 Å². The second-order valence-corrected chi connectivity index (χ2v) is 30.3. The number of epoxide rings is 2. The lowest BCUT2D eigenvalue weighted by molar-refractivity contribution is -0.0530. The fourth-order valence-corrected chi connectivity index (χ4v) is 14.1. The summed E-state index contributed by atoms with van der Waals surface area (Å²) in [5.74, 6) is 1.17. The molecular formula is C51H114N2O17Si3. The molecule has 7 unspecified atom stereocenters. The fraction of sp³-hybridized carbons (Fsp3) is 1.00. The Kier molecular flexibility index (Phi) is 42.1. The summed E-state index contributed by atoms with van der Waals surface area (Å²) >= 11 is 0. The van der Waals surface area contributed by atoms with Gasteiger partial charge in [0.25, 0.3) is 0 Å². The number of nitrogens with zero attached hydrogens (tertiary/aromatic N) is 2. The third-order valence-electron chi connectivity index (χ3n) is 12.6. The molecular weight excluding hydrogens is 997 g/mol. The molecule has 2 aliphatic heterocycles. The van der Waals surface area contributed by atoms with Gasteiger partial charge < -0.3 is 88.3 Å². The van der Waals surface area contributed by atoms with Crippen molar-refractivity contribution < 1.29 is 78.5 Å². The lowest BCUT2D eigenvalue weighted by atomic mass is 9.96. The first-order valence-electron chi connectivity index (χ1n) is 26.3. The summed E-state index contributed by atoms with van der Waals surface area (Å²) in [6.45, 7) is 31.5. The maximum absolute atomic E-state index is 10.6. The number of hydrogen-bond acceptors (Lipinski definition) is 19. The third-order valence-corrected chi connectivity index (χ3v) is 21.8. The van der Waals surface area contributed by atoms with Crippen molar-refractivity contribution in [1.82, 2.24) is 9.80 Å². The number of hydrogen-bond donors (Lipinski definition) is 2. The van der Waals surface area contributed by atoms with Crippen LogP contribution < -0.4 is 0 Å². The molecule has 0 aliphatic carbocycles. The number of rotatable bonds is 44. The summed E-state index contributed by atoms with van der Waals surface area (Å²) in [6, 6.07) is 2.32. The molecule has 2 fully saturated rings. The van der Waals surface area contributed by atoms with Crippen LogP contribution in [0, 0.1) is 28.6 Å². The van der Waals surface area contributed by atoms with E-state index in [2.05, 4.69) is 79.0 Å². The van der Waals surface area contributed by atoms with Gasteiger partial charge in [-0.25, -0.2) is 0 Å². The van der Waals surface area contributed by atoms with Crippen LogP contribution in [0.15, 0.2) is 0 Å². The summed E-state index contributed by atoms with van der Waals surface area (Å²) < 4.78 is 82.5.